The number of benzene rings is 2. The Kier molecular flexibility index (Phi) is 4.17. The number of allylic oxidation sites excluding steroid dienone is 3. The molecule has 114 valence electrons. The molecule has 0 aliphatic heterocycles. The van der Waals surface area contributed by atoms with Crippen LogP contribution in [-0.4, -0.2) is 14.2 Å². The Balaban J connectivity index is 2.38. The summed E-state index contributed by atoms with van der Waals surface area (Å²) in [6.45, 7) is 4.27. The number of hydrogen-bond acceptors (Lipinski definition) is 2. The lowest BCUT2D eigenvalue weighted by Gasteiger charge is -2.16. The zero-order chi connectivity index (χ0) is 15.9. The summed E-state index contributed by atoms with van der Waals surface area (Å²) >= 11 is 2.38. The van der Waals surface area contributed by atoms with Crippen LogP contribution < -0.4 is 9.47 Å². The van der Waals surface area contributed by atoms with E-state index in [9.17, 15) is 0 Å². The van der Waals surface area contributed by atoms with Crippen molar-refractivity contribution in [2.45, 2.75) is 13.8 Å². The Hall–Kier alpha value is -1.49. The Morgan fingerprint density at radius 3 is 2.41 bits per heavy atom. The van der Waals surface area contributed by atoms with Crippen LogP contribution in [0.25, 0.3) is 19.9 Å². The molecule has 2 aromatic rings. The van der Waals surface area contributed by atoms with Gasteiger partial charge in [-0.1, -0.05) is 19.1 Å². The average molecular weight is 406 g/mol. The minimum absolute atomic E-state index is 0.533. The Bertz CT molecular complexity index is 803. The minimum Gasteiger partial charge on any atom is -0.497 e. The van der Waals surface area contributed by atoms with Crippen LogP contribution in [0.2, 0.25) is 0 Å². The van der Waals surface area contributed by atoms with Crippen LogP contribution in [0, 0.1) is 5.92 Å². The zero-order valence-corrected chi connectivity index (χ0v) is 15.4. The number of hydrogen-bond donors (Lipinski definition) is 0. The lowest BCUT2D eigenvalue weighted by molar-refractivity contribution is 0.413. The van der Waals surface area contributed by atoms with Gasteiger partial charge in [-0.3, -0.25) is 0 Å². The lowest BCUT2D eigenvalue weighted by atomic mass is 9.95. The van der Waals surface area contributed by atoms with E-state index < -0.39 is 0 Å². The molecule has 0 fully saturated rings. The first kappa shape index (κ1) is 15.4. The monoisotopic (exact) mass is 406 g/mol. The number of rotatable bonds is 4. The zero-order valence-electron chi connectivity index (χ0n) is 13.2. The van der Waals surface area contributed by atoms with Crippen molar-refractivity contribution in [3.63, 3.8) is 0 Å². The third-order valence-electron chi connectivity index (χ3n) is 4.14. The molecule has 3 heteroatoms. The van der Waals surface area contributed by atoms with Crippen molar-refractivity contribution in [1.29, 1.82) is 0 Å². The van der Waals surface area contributed by atoms with E-state index in [0.29, 0.717) is 5.92 Å². The summed E-state index contributed by atoms with van der Waals surface area (Å²) in [5.41, 5.74) is 3.78. The second kappa shape index (κ2) is 5.95. The first-order valence-corrected chi connectivity index (χ1v) is 8.41. The van der Waals surface area contributed by atoms with Gasteiger partial charge < -0.3 is 9.47 Å². The standard InChI is InChI=1S/C19H19IO2/c1-5-17(20)16-10-18(22-4)19(14-8-11(14)2)13-7-6-12(21-3)9-15(13)16/h5-11H,1-4H3/b17-5-. The fourth-order valence-corrected chi connectivity index (χ4v) is 3.30. The van der Waals surface area contributed by atoms with E-state index >= 15 is 0 Å². The molecule has 1 atom stereocenters. The van der Waals surface area contributed by atoms with E-state index in [1.54, 1.807) is 14.2 Å². The number of fused-ring (bicyclic) bond motifs is 1. The molecule has 0 spiro atoms. The van der Waals surface area contributed by atoms with Crippen molar-refractivity contribution in [2.75, 3.05) is 14.2 Å². The normalized spacial score (nSPS) is 17.4. The van der Waals surface area contributed by atoms with Crippen LogP contribution in [0.3, 0.4) is 0 Å². The van der Waals surface area contributed by atoms with Crippen LogP contribution in [0.4, 0.5) is 0 Å². The van der Waals surface area contributed by atoms with Gasteiger partial charge in [-0.2, -0.15) is 0 Å². The molecular formula is C19H19IO2. The minimum atomic E-state index is 0.533. The Labute approximate surface area is 145 Å². The summed E-state index contributed by atoms with van der Waals surface area (Å²) in [6, 6.07) is 8.42. The summed E-state index contributed by atoms with van der Waals surface area (Å²) < 4.78 is 12.3. The molecule has 1 unspecified atom stereocenters. The van der Waals surface area contributed by atoms with Gasteiger partial charge in [0.2, 0.25) is 0 Å². The number of halogens is 1. The molecule has 0 aromatic heterocycles. The van der Waals surface area contributed by atoms with Gasteiger partial charge in [-0.15, -0.1) is 0 Å². The molecule has 0 amide bonds. The van der Waals surface area contributed by atoms with Crippen LogP contribution in [0.15, 0.2) is 36.4 Å². The highest BCUT2D eigenvalue weighted by Crippen LogP contribution is 2.48. The molecular weight excluding hydrogens is 387 g/mol. The SMILES string of the molecule is C/C=C(\I)c1cc(OC)c(C2=CC2C)c2ccc(OC)cc12. The fourth-order valence-electron chi connectivity index (χ4n) is 2.85. The molecule has 2 nitrogen and oxygen atoms in total. The van der Waals surface area contributed by atoms with Crippen LogP contribution in [0.5, 0.6) is 11.5 Å². The predicted octanol–water partition coefficient (Wildman–Crippen LogP) is 5.69. The van der Waals surface area contributed by atoms with Crippen LogP contribution in [0.1, 0.15) is 25.0 Å². The van der Waals surface area contributed by atoms with Crippen molar-refractivity contribution in [2.24, 2.45) is 5.92 Å². The maximum absolute atomic E-state index is 5.69. The summed E-state index contributed by atoms with van der Waals surface area (Å²) in [5.74, 6) is 2.35. The third kappa shape index (κ3) is 2.51. The van der Waals surface area contributed by atoms with E-state index in [2.05, 4.69) is 66.8 Å². The van der Waals surface area contributed by atoms with Gasteiger partial charge in [0.1, 0.15) is 11.5 Å². The number of ether oxygens (including phenoxy) is 2. The maximum Gasteiger partial charge on any atom is 0.127 e. The molecule has 0 saturated carbocycles. The molecule has 0 saturated heterocycles. The highest BCUT2D eigenvalue weighted by Gasteiger charge is 2.27. The lowest BCUT2D eigenvalue weighted by Crippen LogP contribution is -1.95. The summed E-state index contributed by atoms with van der Waals surface area (Å²) in [5, 5.41) is 2.43. The summed E-state index contributed by atoms with van der Waals surface area (Å²) in [4.78, 5) is 0. The highest BCUT2D eigenvalue weighted by atomic mass is 127. The van der Waals surface area contributed by atoms with E-state index in [4.69, 9.17) is 9.47 Å². The molecule has 22 heavy (non-hydrogen) atoms. The van der Waals surface area contributed by atoms with E-state index in [0.717, 1.165) is 11.5 Å². The van der Waals surface area contributed by atoms with Gasteiger partial charge in [0.25, 0.3) is 0 Å². The molecule has 0 bridgehead atoms. The van der Waals surface area contributed by atoms with Crippen LogP contribution >= 0.6 is 22.6 Å². The van der Waals surface area contributed by atoms with Gasteiger partial charge >= 0.3 is 0 Å². The van der Waals surface area contributed by atoms with E-state index in [1.165, 1.54) is 31.1 Å². The van der Waals surface area contributed by atoms with Crippen molar-refractivity contribution in [3.05, 3.63) is 47.5 Å². The van der Waals surface area contributed by atoms with E-state index in [-0.39, 0.29) is 0 Å². The molecule has 0 radical (unpaired) electrons. The summed E-state index contributed by atoms with van der Waals surface area (Å²) in [6.07, 6.45) is 4.40. The smallest absolute Gasteiger partial charge is 0.127 e. The highest BCUT2D eigenvalue weighted by molar-refractivity contribution is 14.1. The van der Waals surface area contributed by atoms with E-state index in [1.807, 2.05) is 6.07 Å². The first-order valence-electron chi connectivity index (χ1n) is 7.33. The molecule has 1 aliphatic carbocycles. The Morgan fingerprint density at radius 2 is 1.86 bits per heavy atom. The second-order valence-electron chi connectivity index (χ2n) is 5.46. The maximum atomic E-state index is 5.69. The third-order valence-corrected chi connectivity index (χ3v) is 5.34. The van der Waals surface area contributed by atoms with Crippen molar-refractivity contribution in [3.8, 4) is 11.5 Å². The van der Waals surface area contributed by atoms with Gasteiger partial charge in [0.05, 0.1) is 14.2 Å². The summed E-state index contributed by atoms with van der Waals surface area (Å²) in [7, 11) is 3.45. The van der Waals surface area contributed by atoms with Crippen molar-refractivity contribution >= 4 is 42.5 Å². The van der Waals surface area contributed by atoms with Crippen molar-refractivity contribution in [1.82, 2.24) is 0 Å². The molecule has 3 rings (SSSR count). The average Bonchev–Trinajstić information content (AvgIpc) is 3.28. The van der Waals surface area contributed by atoms with Gasteiger partial charge in [-0.05, 0) is 75.7 Å². The second-order valence-corrected chi connectivity index (χ2v) is 6.62. The van der Waals surface area contributed by atoms with Gasteiger partial charge in [0, 0.05) is 15.1 Å². The molecule has 0 heterocycles. The largest absolute Gasteiger partial charge is 0.497 e. The quantitative estimate of drug-likeness (QED) is 0.608. The van der Waals surface area contributed by atoms with Crippen molar-refractivity contribution < 1.29 is 9.47 Å². The fraction of sp³-hybridized carbons (Fsp3) is 0.263. The topological polar surface area (TPSA) is 18.5 Å². The molecule has 0 N–H and O–H groups in total. The molecule has 2 aromatic carbocycles. The van der Waals surface area contributed by atoms with Crippen LogP contribution in [-0.2, 0) is 0 Å². The predicted molar refractivity (Wildman–Crippen MR) is 102 cm³/mol. The first-order chi connectivity index (χ1) is 10.6. The van der Waals surface area contributed by atoms with Gasteiger partial charge in [0.15, 0.2) is 0 Å². The Morgan fingerprint density at radius 1 is 1.14 bits per heavy atom. The number of methoxy groups -OCH3 is 2. The molecule has 1 aliphatic rings. The van der Waals surface area contributed by atoms with Gasteiger partial charge in [-0.25, -0.2) is 0 Å².